The van der Waals surface area contributed by atoms with E-state index in [9.17, 15) is 4.79 Å². The highest BCUT2D eigenvalue weighted by Crippen LogP contribution is 2.19. The predicted molar refractivity (Wildman–Crippen MR) is 75.4 cm³/mol. The van der Waals surface area contributed by atoms with Crippen LogP contribution < -0.4 is 10.1 Å². The Kier molecular flexibility index (Phi) is 4.80. The summed E-state index contributed by atoms with van der Waals surface area (Å²) < 4.78 is 5.30. The number of ether oxygens (including phenoxy) is 1. The molecule has 1 fully saturated rings. The van der Waals surface area contributed by atoms with E-state index in [1.165, 1.54) is 0 Å². The second kappa shape index (κ2) is 6.57. The number of nitrogens with one attached hydrogen (secondary N) is 1. The molecule has 1 saturated heterocycles. The van der Waals surface area contributed by atoms with Crippen LogP contribution in [0, 0.1) is 0 Å². The van der Waals surface area contributed by atoms with Crippen LogP contribution in [-0.4, -0.2) is 43.6 Å². The van der Waals surface area contributed by atoms with Crippen LogP contribution in [0.2, 0.25) is 0 Å². The van der Waals surface area contributed by atoms with Gasteiger partial charge in [-0.25, -0.2) is 0 Å². The third-order valence-electron chi connectivity index (χ3n) is 3.58. The van der Waals surface area contributed by atoms with Gasteiger partial charge >= 0.3 is 0 Å². The van der Waals surface area contributed by atoms with Crippen LogP contribution in [0.3, 0.4) is 0 Å². The monoisotopic (exact) mass is 262 g/mol. The fourth-order valence-electron chi connectivity index (χ4n) is 2.50. The molecular weight excluding hydrogens is 240 g/mol. The van der Waals surface area contributed by atoms with Gasteiger partial charge in [0, 0.05) is 24.7 Å². The Labute approximate surface area is 114 Å². The van der Waals surface area contributed by atoms with E-state index in [0.29, 0.717) is 6.42 Å². The Bertz CT molecular complexity index is 434. The van der Waals surface area contributed by atoms with Crippen molar-refractivity contribution in [3.05, 3.63) is 29.8 Å². The van der Waals surface area contributed by atoms with Gasteiger partial charge in [-0.1, -0.05) is 18.2 Å². The molecule has 0 bridgehead atoms. The van der Waals surface area contributed by atoms with Crippen LogP contribution in [-0.2, 0) is 11.2 Å². The summed E-state index contributed by atoms with van der Waals surface area (Å²) in [4.78, 5) is 14.4. The molecule has 4 nitrogen and oxygen atoms in total. The van der Waals surface area contributed by atoms with Crippen LogP contribution in [0.1, 0.15) is 18.9 Å². The van der Waals surface area contributed by atoms with Gasteiger partial charge in [0.15, 0.2) is 0 Å². The number of methoxy groups -OCH3 is 1. The van der Waals surface area contributed by atoms with E-state index in [0.717, 1.165) is 37.4 Å². The van der Waals surface area contributed by atoms with Crippen LogP contribution in [0.25, 0.3) is 0 Å². The third kappa shape index (κ3) is 3.47. The third-order valence-corrected chi connectivity index (χ3v) is 3.58. The number of hydrogen-bond acceptors (Lipinski definition) is 3. The van der Waals surface area contributed by atoms with Crippen LogP contribution >= 0.6 is 0 Å². The fourth-order valence-corrected chi connectivity index (χ4v) is 2.50. The van der Waals surface area contributed by atoms with E-state index in [1.807, 2.05) is 29.2 Å². The first-order chi connectivity index (χ1) is 9.22. The van der Waals surface area contributed by atoms with Crippen molar-refractivity contribution in [1.29, 1.82) is 0 Å². The summed E-state index contributed by atoms with van der Waals surface area (Å²) in [7, 11) is 1.64. The van der Waals surface area contributed by atoms with Gasteiger partial charge in [0.05, 0.1) is 13.5 Å². The van der Waals surface area contributed by atoms with Gasteiger partial charge in [-0.15, -0.1) is 0 Å². The molecule has 1 unspecified atom stereocenters. The minimum absolute atomic E-state index is 0.181. The number of para-hydroxylation sites is 1. The predicted octanol–water partition coefficient (Wildman–Crippen LogP) is 1.45. The summed E-state index contributed by atoms with van der Waals surface area (Å²) in [5.41, 5.74) is 0.958. The minimum Gasteiger partial charge on any atom is -0.496 e. The molecule has 0 radical (unpaired) electrons. The second-order valence-electron chi connectivity index (χ2n) is 4.98. The van der Waals surface area contributed by atoms with Crippen molar-refractivity contribution in [2.75, 3.05) is 26.7 Å². The lowest BCUT2D eigenvalue weighted by molar-refractivity contribution is -0.132. The van der Waals surface area contributed by atoms with Crippen molar-refractivity contribution >= 4 is 5.91 Å². The van der Waals surface area contributed by atoms with Crippen molar-refractivity contribution in [1.82, 2.24) is 10.2 Å². The molecule has 0 spiro atoms. The largest absolute Gasteiger partial charge is 0.496 e. The molecule has 0 saturated carbocycles. The SMILES string of the molecule is COc1ccccc1CC(=O)N1CCCNCC1C. The number of hydrogen-bond donors (Lipinski definition) is 1. The second-order valence-corrected chi connectivity index (χ2v) is 4.98. The number of carbonyl (C=O) groups is 1. The molecule has 1 amide bonds. The normalized spacial score (nSPS) is 19.9. The smallest absolute Gasteiger partial charge is 0.227 e. The molecule has 19 heavy (non-hydrogen) atoms. The number of rotatable bonds is 3. The molecule has 1 atom stereocenters. The average Bonchev–Trinajstić information content (AvgIpc) is 2.64. The van der Waals surface area contributed by atoms with Gasteiger partial charge in [-0.2, -0.15) is 0 Å². The summed E-state index contributed by atoms with van der Waals surface area (Å²) in [5, 5.41) is 3.35. The molecule has 104 valence electrons. The number of benzene rings is 1. The molecule has 1 aliphatic heterocycles. The summed E-state index contributed by atoms with van der Waals surface area (Å²) in [5.74, 6) is 0.970. The minimum atomic E-state index is 0.181. The van der Waals surface area contributed by atoms with E-state index >= 15 is 0 Å². The highest BCUT2D eigenvalue weighted by atomic mass is 16.5. The van der Waals surface area contributed by atoms with E-state index in [1.54, 1.807) is 7.11 Å². The standard InChI is InChI=1S/C15H22N2O2/c1-12-11-16-8-5-9-17(12)15(18)10-13-6-3-4-7-14(13)19-2/h3-4,6-7,12,16H,5,8-11H2,1-2H3. The highest BCUT2D eigenvalue weighted by molar-refractivity contribution is 5.79. The first-order valence-corrected chi connectivity index (χ1v) is 6.84. The molecule has 1 aliphatic rings. The quantitative estimate of drug-likeness (QED) is 0.896. The molecule has 0 aliphatic carbocycles. The van der Waals surface area contributed by atoms with Gasteiger partial charge in [0.1, 0.15) is 5.75 Å². The highest BCUT2D eigenvalue weighted by Gasteiger charge is 2.22. The fraction of sp³-hybridized carbons (Fsp3) is 0.533. The Morgan fingerprint density at radius 1 is 1.47 bits per heavy atom. The lowest BCUT2D eigenvalue weighted by Crippen LogP contribution is -2.42. The van der Waals surface area contributed by atoms with E-state index < -0.39 is 0 Å². The molecule has 1 aromatic carbocycles. The zero-order valence-corrected chi connectivity index (χ0v) is 11.7. The molecular formula is C15H22N2O2. The number of amides is 1. The maximum Gasteiger partial charge on any atom is 0.227 e. The Balaban J connectivity index is 2.07. The number of carbonyl (C=O) groups excluding carboxylic acids is 1. The van der Waals surface area contributed by atoms with Gasteiger partial charge < -0.3 is 15.0 Å². The van der Waals surface area contributed by atoms with Crippen LogP contribution in [0.4, 0.5) is 0 Å². The topological polar surface area (TPSA) is 41.6 Å². The summed E-state index contributed by atoms with van der Waals surface area (Å²) in [6.45, 7) is 4.79. The van der Waals surface area contributed by atoms with Gasteiger partial charge in [-0.05, 0) is 26.0 Å². The Morgan fingerprint density at radius 3 is 3.05 bits per heavy atom. The van der Waals surface area contributed by atoms with Crippen molar-refractivity contribution < 1.29 is 9.53 Å². The molecule has 1 aromatic rings. The lowest BCUT2D eigenvalue weighted by Gasteiger charge is -2.27. The first-order valence-electron chi connectivity index (χ1n) is 6.84. The zero-order chi connectivity index (χ0) is 13.7. The van der Waals surface area contributed by atoms with Crippen LogP contribution in [0.15, 0.2) is 24.3 Å². The van der Waals surface area contributed by atoms with E-state index in [-0.39, 0.29) is 11.9 Å². The van der Waals surface area contributed by atoms with Gasteiger partial charge in [0.25, 0.3) is 0 Å². The Morgan fingerprint density at radius 2 is 2.26 bits per heavy atom. The first kappa shape index (κ1) is 13.9. The van der Waals surface area contributed by atoms with E-state index in [2.05, 4.69) is 12.2 Å². The number of nitrogens with zero attached hydrogens (tertiary/aromatic N) is 1. The molecule has 1 N–H and O–H groups in total. The average molecular weight is 262 g/mol. The molecule has 0 aromatic heterocycles. The summed E-state index contributed by atoms with van der Waals surface area (Å²) in [6.07, 6.45) is 1.43. The zero-order valence-electron chi connectivity index (χ0n) is 11.7. The van der Waals surface area contributed by atoms with Crippen molar-refractivity contribution in [2.45, 2.75) is 25.8 Å². The Hall–Kier alpha value is -1.55. The van der Waals surface area contributed by atoms with E-state index in [4.69, 9.17) is 4.74 Å². The lowest BCUT2D eigenvalue weighted by atomic mass is 10.1. The van der Waals surface area contributed by atoms with Crippen molar-refractivity contribution in [2.24, 2.45) is 0 Å². The maximum absolute atomic E-state index is 12.4. The molecule has 4 heteroatoms. The maximum atomic E-state index is 12.4. The summed E-state index contributed by atoms with van der Waals surface area (Å²) >= 11 is 0. The van der Waals surface area contributed by atoms with Crippen molar-refractivity contribution in [3.8, 4) is 5.75 Å². The summed E-state index contributed by atoms with van der Waals surface area (Å²) in [6, 6.07) is 7.97. The van der Waals surface area contributed by atoms with Gasteiger partial charge in [0.2, 0.25) is 5.91 Å². The van der Waals surface area contributed by atoms with Crippen molar-refractivity contribution in [3.63, 3.8) is 0 Å². The van der Waals surface area contributed by atoms with Gasteiger partial charge in [-0.3, -0.25) is 4.79 Å². The molecule has 2 rings (SSSR count). The molecule has 1 heterocycles. The van der Waals surface area contributed by atoms with Crippen LogP contribution in [0.5, 0.6) is 5.75 Å².